The van der Waals surface area contributed by atoms with E-state index in [1.54, 1.807) is 0 Å². The van der Waals surface area contributed by atoms with Crippen molar-refractivity contribution in [2.24, 2.45) is 11.8 Å². The summed E-state index contributed by atoms with van der Waals surface area (Å²) in [7, 11) is 0. The standard InChI is InChI=1S/C24H46O4/c1-5-27-23(25)20-18-16-14-12-10-8-7-9-11-13-15-17-19-22(21(3)4)24(26)28-6-2/h21-22H,5-20H2,1-4H3. The molecule has 0 N–H and O–H groups in total. The zero-order chi connectivity index (χ0) is 21.0. The van der Waals surface area contributed by atoms with Gasteiger partial charge in [0.2, 0.25) is 0 Å². The smallest absolute Gasteiger partial charge is 0.309 e. The number of carbonyl (C=O) groups is 2. The Hall–Kier alpha value is -1.06. The molecule has 0 saturated heterocycles. The van der Waals surface area contributed by atoms with Crippen LogP contribution in [0, 0.1) is 11.8 Å². The van der Waals surface area contributed by atoms with E-state index in [1.165, 1.54) is 57.8 Å². The van der Waals surface area contributed by atoms with Gasteiger partial charge in [0.1, 0.15) is 0 Å². The average molecular weight is 399 g/mol. The SMILES string of the molecule is CCOC(=O)CCCCCCCCCCCCCCC(C(=O)OCC)C(C)C. The van der Waals surface area contributed by atoms with Gasteiger partial charge < -0.3 is 9.47 Å². The van der Waals surface area contributed by atoms with Gasteiger partial charge in [0.25, 0.3) is 0 Å². The number of hydrogen-bond donors (Lipinski definition) is 0. The lowest BCUT2D eigenvalue weighted by Crippen LogP contribution is -2.22. The minimum absolute atomic E-state index is 0.0154. The third-order valence-electron chi connectivity index (χ3n) is 5.35. The molecule has 0 rings (SSSR count). The molecule has 1 unspecified atom stereocenters. The van der Waals surface area contributed by atoms with Gasteiger partial charge in [-0.05, 0) is 32.6 Å². The Morgan fingerprint density at radius 1 is 0.643 bits per heavy atom. The van der Waals surface area contributed by atoms with Crippen molar-refractivity contribution in [1.29, 1.82) is 0 Å². The minimum atomic E-state index is -0.0527. The van der Waals surface area contributed by atoms with Crippen LogP contribution in [0.25, 0.3) is 0 Å². The molecule has 0 amide bonds. The first-order chi connectivity index (χ1) is 13.5. The summed E-state index contributed by atoms with van der Waals surface area (Å²) < 4.78 is 10.1. The number of carbonyl (C=O) groups excluding carboxylic acids is 2. The maximum absolute atomic E-state index is 11.9. The lowest BCUT2D eigenvalue weighted by atomic mass is 9.90. The molecular formula is C24H46O4. The van der Waals surface area contributed by atoms with E-state index in [0.29, 0.717) is 25.6 Å². The van der Waals surface area contributed by atoms with Crippen molar-refractivity contribution in [1.82, 2.24) is 0 Å². The summed E-state index contributed by atoms with van der Waals surface area (Å²) in [6.45, 7) is 8.93. The van der Waals surface area contributed by atoms with Crippen LogP contribution in [0.2, 0.25) is 0 Å². The number of hydrogen-bond acceptors (Lipinski definition) is 4. The molecule has 4 nitrogen and oxygen atoms in total. The van der Waals surface area contributed by atoms with Crippen LogP contribution in [0.15, 0.2) is 0 Å². The Labute approximate surface area is 174 Å². The maximum atomic E-state index is 11.9. The fourth-order valence-corrected chi connectivity index (χ4v) is 3.61. The van der Waals surface area contributed by atoms with Gasteiger partial charge >= 0.3 is 11.9 Å². The Morgan fingerprint density at radius 3 is 1.50 bits per heavy atom. The zero-order valence-electron chi connectivity index (χ0n) is 19.1. The third kappa shape index (κ3) is 15.9. The quantitative estimate of drug-likeness (QED) is 0.176. The molecule has 0 aliphatic rings. The Morgan fingerprint density at radius 2 is 1.07 bits per heavy atom. The van der Waals surface area contributed by atoms with E-state index in [9.17, 15) is 9.59 Å². The van der Waals surface area contributed by atoms with Crippen molar-refractivity contribution in [3.8, 4) is 0 Å². The largest absolute Gasteiger partial charge is 0.466 e. The Bertz CT molecular complexity index is 379. The molecule has 0 aromatic carbocycles. The van der Waals surface area contributed by atoms with Crippen molar-refractivity contribution in [3.05, 3.63) is 0 Å². The summed E-state index contributed by atoms with van der Waals surface area (Å²) >= 11 is 0. The highest BCUT2D eigenvalue weighted by Gasteiger charge is 2.22. The van der Waals surface area contributed by atoms with Gasteiger partial charge in [0.15, 0.2) is 0 Å². The summed E-state index contributed by atoms with van der Waals surface area (Å²) in [6, 6.07) is 0. The van der Waals surface area contributed by atoms with Crippen LogP contribution in [-0.4, -0.2) is 25.2 Å². The van der Waals surface area contributed by atoms with Gasteiger partial charge in [0.05, 0.1) is 19.1 Å². The summed E-state index contributed by atoms with van der Waals surface area (Å²) in [4.78, 5) is 23.2. The zero-order valence-corrected chi connectivity index (χ0v) is 19.1. The van der Waals surface area contributed by atoms with Gasteiger partial charge in [-0.15, -0.1) is 0 Å². The first-order valence-corrected chi connectivity index (χ1v) is 11.8. The molecule has 4 heteroatoms. The first-order valence-electron chi connectivity index (χ1n) is 11.8. The molecule has 0 aliphatic carbocycles. The van der Waals surface area contributed by atoms with Crippen LogP contribution >= 0.6 is 0 Å². The van der Waals surface area contributed by atoms with Crippen molar-refractivity contribution >= 4 is 11.9 Å². The van der Waals surface area contributed by atoms with Crippen LogP contribution in [0.5, 0.6) is 0 Å². The molecule has 0 saturated carbocycles. The van der Waals surface area contributed by atoms with Gasteiger partial charge in [-0.25, -0.2) is 0 Å². The number of ether oxygens (including phenoxy) is 2. The molecule has 0 fully saturated rings. The highest BCUT2D eigenvalue weighted by atomic mass is 16.5. The minimum Gasteiger partial charge on any atom is -0.466 e. The summed E-state index contributed by atoms with van der Waals surface area (Å²) in [6.07, 6.45) is 16.4. The van der Waals surface area contributed by atoms with Gasteiger partial charge in [-0.1, -0.05) is 84.5 Å². The third-order valence-corrected chi connectivity index (χ3v) is 5.35. The molecule has 0 aliphatic heterocycles. The average Bonchev–Trinajstić information content (AvgIpc) is 2.65. The maximum Gasteiger partial charge on any atom is 0.309 e. The number of esters is 2. The highest BCUT2D eigenvalue weighted by Crippen LogP contribution is 2.21. The second-order valence-electron chi connectivity index (χ2n) is 8.19. The lowest BCUT2D eigenvalue weighted by Gasteiger charge is -2.18. The van der Waals surface area contributed by atoms with Crippen LogP contribution in [-0.2, 0) is 19.1 Å². The Balaban J connectivity index is 3.39. The second-order valence-corrected chi connectivity index (χ2v) is 8.19. The van der Waals surface area contributed by atoms with E-state index in [1.807, 2.05) is 13.8 Å². The van der Waals surface area contributed by atoms with Crippen molar-refractivity contribution in [3.63, 3.8) is 0 Å². The summed E-state index contributed by atoms with van der Waals surface area (Å²) in [5.74, 6) is 0.364. The van der Waals surface area contributed by atoms with Gasteiger partial charge in [-0.3, -0.25) is 9.59 Å². The lowest BCUT2D eigenvalue weighted by molar-refractivity contribution is -0.150. The molecule has 0 aromatic heterocycles. The molecule has 0 spiro atoms. The van der Waals surface area contributed by atoms with Gasteiger partial charge in [-0.2, -0.15) is 0 Å². The highest BCUT2D eigenvalue weighted by molar-refractivity contribution is 5.72. The fraction of sp³-hybridized carbons (Fsp3) is 0.917. The second kappa shape index (κ2) is 19.3. The van der Waals surface area contributed by atoms with E-state index < -0.39 is 0 Å². The predicted octanol–water partition coefficient (Wildman–Crippen LogP) is 6.85. The summed E-state index contributed by atoms with van der Waals surface area (Å²) in [5.41, 5.74) is 0. The molecule has 0 radical (unpaired) electrons. The predicted molar refractivity (Wildman–Crippen MR) is 116 cm³/mol. The number of rotatable bonds is 19. The van der Waals surface area contributed by atoms with E-state index in [0.717, 1.165) is 25.7 Å². The van der Waals surface area contributed by atoms with Crippen molar-refractivity contribution in [2.45, 2.75) is 118 Å². The summed E-state index contributed by atoms with van der Waals surface area (Å²) in [5, 5.41) is 0. The monoisotopic (exact) mass is 398 g/mol. The fourth-order valence-electron chi connectivity index (χ4n) is 3.61. The molecule has 166 valence electrons. The van der Waals surface area contributed by atoms with Crippen molar-refractivity contribution in [2.75, 3.05) is 13.2 Å². The van der Waals surface area contributed by atoms with Crippen LogP contribution in [0.3, 0.4) is 0 Å². The van der Waals surface area contributed by atoms with Crippen LogP contribution in [0.1, 0.15) is 118 Å². The van der Waals surface area contributed by atoms with Gasteiger partial charge in [0, 0.05) is 6.42 Å². The molecule has 1 atom stereocenters. The van der Waals surface area contributed by atoms with Crippen molar-refractivity contribution < 1.29 is 19.1 Å². The van der Waals surface area contributed by atoms with E-state index in [-0.39, 0.29) is 17.9 Å². The van der Waals surface area contributed by atoms with E-state index >= 15 is 0 Å². The molecule has 28 heavy (non-hydrogen) atoms. The molecule has 0 bridgehead atoms. The van der Waals surface area contributed by atoms with Crippen LogP contribution < -0.4 is 0 Å². The topological polar surface area (TPSA) is 52.6 Å². The van der Waals surface area contributed by atoms with E-state index in [4.69, 9.17) is 9.47 Å². The van der Waals surface area contributed by atoms with Crippen LogP contribution in [0.4, 0.5) is 0 Å². The van der Waals surface area contributed by atoms with E-state index in [2.05, 4.69) is 13.8 Å². The first kappa shape index (κ1) is 26.9. The normalized spacial score (nSPS) is 12.2. The molecule has 0 aromatic rings. The Kier molecular flexibility index (Phi) is 18.5. The number of unbranched alkanes of at least 4 members (excludes halogenated alkanes) is 11. The molecular weight excluding hydrogens is 352 g/mol. The molecule has 0 heterocycles.